The molecule has 0 radical (unpaired) electrons. The van der Waals surface area contributed by atoms with Crippen LogP contribution < -0.4 is 5.73 Å². The third-order valence-corrected chi connectivity index (χ3v) is 4.21. The Bertz CT molecular complexity index is 453. The van der Waals surface area contributed by atoms with Crippen LogP contribution in [0.4, 0.5) is 0 Å². The number of hydrogen-bond acceptors (Lipinski definition) is 2. The van der Waals surface area contributed by atoms with Crippen LogP contribution >= 0.6 is 27.3 Å². The zero-order chi connectivity index (χ0) is 12.1. The maximum absolute atomic E-state index is 5.87. The van der Waals surface area contributed by atoms with E-state index in [1.807, 2.05) is 11.3 Å². The van der Waals surface area contributed by atoms with Crippen molar-refractivity contribution in [3.63, 3.8) is 0 Å². The van der Waals surface area contributed by atoms with Gasteiger partial charge in [0.05, 0.1) is 0 Å². The van der Waals surface area contributed by atoms with E-state index in [0.717, 1.165) is 23.9 Å². The van der Waals surface area contributed by atoms with Crippen LogP contribution in [0.2, 0.25) is 0 Å². The quantitative estimate of drug-likeness (QED) is 0.891. The first-order chi connectivity index (χ1) is 8.28. The first-order valence-electron chi connectivity index (χ1n) is 5.75. The minimum atomic E-state index is 0.531. The van der Waals surface area contributed by atoms with E-state index >= 15 is 0 Å². The van der Waals surface area contributed by atoms with Gasteiger partial charge in [-0.05, 0) is 54.4 Å². The molecule has 3 heteroatoms. The monoisotopic (exact) mass is 309 g/mol. The van der Waals surface area contributed by atoms with Crippen molar-refractivity contribution >= 4 is 27.3 Å². The van der Waals surface area contributed by atoms with Crippen LogP contribution in [-0.2, 0) is 12.8 Å². The van der Waals surface area contributed by atoms with Gasteiger partial charge in [0.15, 0.2) is 0 Å². The standard InChI is InChI=1S/C14H16BrNS/c15-13-4-1-3-11(8-13)7-12(10-16)9-14-5-2-6-17-14/h1-6,8,12H,7,9-10,16H2. The van der Waals surface area contributed by atoms with Gasteiger partial charge in [0, 0.05) is 9.35 Å². The number of benzene rings is 1. The fraction of sp³-hybridized carbons (Fsp3) is 0.286. The van der Waals surface area contributed by atoms with Crippen LogP contribution in [0, 0.1) is 5.92 Å². The summed E-state index contributed by atoms with van der Waals surface area (Å²) in [6, 6.07) is 12.8. The van der Waals surface area contributed by atoms with Crippen LogP contribution in [0.25, 0.3) is 0 Å². The van der Waals surface area contributed by atoms with Crippen LogP contribution in [-0.4, -0.2) is 6.54 Å². The summed E-state index contributed by atoms with van der Waals surface area (Å²) < 4.78 is 1.14. The summed E-state index contributed by atoms with van der Waals surface area (Å²) >= 11 is 5.32. The van der Waals surface area contributed by atoms with E-state index in [2.05, 4.69) is 57.7 Å². The van der Waals surface area contributed by atoms with Gasteiger partial charge in [-0.2, -0.15) is 0 Å². The summed E-state index contributed by atoms with van der Waals surface area (Å²) in [7, 11) is 0. The molecule has 2 rings (SSSR count). The van der Waals surface area contributed by atoms with Crippen molar-refractivity contribution in [1.82, 2.24) is 0 Å². The molecule has 1 unspecified atom stereocenters. The second-order valence-corrected chi connectivity index (χ2v) is 6.17. The molecule has 1 aromatic heterocycles. The highest BCUT2D eigenvalue weighted by atomic mass is 79.9. The molecule has 1 atom stereocenters. The van der Waals surface area contributed by atoms with Crippen molar-refractivity contribution in [3.05, 3.63) is 56.7 Å². The molecule has 0 aliphatic heterocycles. The van der Waals surface area contributed by atoms with Crippen molar-refractivity contribution in [2.45, 2.75) is 12.8 Å². The summed E-state index contributed by atoms with van der Waals surface area (Å²) in [6.45, 7) is 0.740. The van der Waals surface area contributed by atoms with Crippen LogP contribution in [0.5, 0.6) is 0 Å². The minimum Gasteiger partial charge on any atom is -0.330 e. The summed E-state index contributed by atoms with van der Waals surface area (Å²) in [4.78, 5) is 1.43. The van der Waals surface area contributed by atoms with Gasteiger partial charge in [0.1, 0.15) is 0 Å². The van der Waals surface area contributed by atoms with Crippen LogP contribution in [0.1, 0.15) is 10.4 Å². The lowest BCUT2D eigenvalue weighted by molar-refractivity contribution is 0.537. The molecule has 2 aromatic rings. The van der Waals surface area contributed by atoms with E-state index in [9.17, 15) is 0 Å². The molecule has 1 heterocycles. The van der Waals surface area contributed by atoms with E-state index in [1.165, 1.54) is 10.4 Å². The number of hydrogen-bond donors (Lipinski definition) is 1. The Morgan fingerprint density at radius 3 is 2.71 bits per heavy atom. The summed E-state index contributed by atoms with van der Waals surface area (Å²) in [5.74, 6) is 0.531. The lowest BCUT2D eigenvalue weighted by Gasteiger charge is -2.13. The first kappa shape index (κ1) is 12.8. The van der Waals surface area contributed by atoms with Gasteiger partial charge in [-0.3, -0.25) is 0 Å². The van der Waals surface area contributed by atoms with Gasteiger partial charge in [-0.1, -0.05) is 34.1 Å². The van der Waals surface area contributed by atoms with Crippen molar-refractivity contribution in [2.24, 2.45) is 11.7 Å². The summed E-state index contributed by atoms with van der Waals surface area (Å²) in [6.07, 6.45) is 2.13. The third-order valence-electron chi connectivity index (χ3n) is 2.82. The van der Waals surface area contributed by atoms with Gasteiger partial charge in [-0.15, -0.1) is 11.3 Å². The molecule has 0 saturated carbocycles. The Labute approximate surface area is 115 Å². The van der Waals surface area contributed by atoms with E-state index < -0.39 is 0 Å². The highest BCUT2D eigenvalue weighted by molar-refractivity contribution is 9.10. The highest BCUT2D eigenvalue weighted by Gasteiger charge is 2.09. The van der Waals surface area contributed by atoms with E-state index in [4.69, 9.17) is 5.73 Å². The first-order valence-corrected chi connectivity index (χ1v) is 7.42. The van der Waals surface area contributed by atoms with Gasteiger partial charge < -0.3 is 5.73 Å². The molecule has 0 bridgehead atoms. The van der Waals surface area contributed by atoms with Gasteiger partial charge in [-0.25, -0.2) is 0 Å². The van der Waals surface area contributed by atoms with Crippen LogP contribution in [0.3, 0.4) is 0 Å². The molecule has 1 aromatic carbocycles. The fourth-order valence-corrected chi connectivity index (χ4v) is 3.22. The molecule has 0 aliphatic carbocycles. The Kier molecular flexibility index (Phi) is 4.77. The smallest absolute Gasteiger partial charge is 0.0177 e. The summed E-state index contributed by atoms with van der Waals surface area (Å²) in [5, 5.41) is 2.13. The molecule has 1 nitrogen and oxygen atoms in total. The van der Waals surface area contributed by atoms with E-state index in [0.29, 0.717) is 5.92 Å². The van der Waals surface area contributed by atoms with Crippen LogP contribution in [0.15, 0.2) is 46.3 Å². The second kappa shape index (κ2) is 6.34. The Morgan fingerprint density at radius 1 is 1.18 bits per heavy atom. The molecule has 0 aliphatic rings. The molecule has 0 amide bonds. The number of thiophene rings is 1. The molecule has 0 spiro atoms. The third kappa shape index (κ3) is 3.95. The maximum Gasteiger partial charge on any atom is 0.0177 e. The predicted octanol–water partition coefficient (Wildman–Crippen LogP) is 3.87. The van der Waals surface area contributed by atoms with E-state index in [1.54, 1.807) is 0 Å². The Morgan fingerprint density at radius 2 is 2.06 bits per heavy atom. The van der Waals surface area contributed by atoms with Crippen molar-refractivity contribution < 1.29 is 0 Å². The predicted molar refractivity (Wildman–Crippen MR) is 78.4 cm³/mol. The largest absolute Gasteiger partial charge is 0.330 e. The van der Waals surface area contributed by atoms with Crippen molar-refractivity contribution in [1.29, 1.82) is 0 Å². The molecule has 2 N–H and O–H groups in total. The number of halogens is 1. The average molecular weight is 310 g/mol. The summed E-state index contributed by atoms with van der Waals surface area (Å²) in [5.41, 5.74) is 7.22. The SMILES string of the molecule is NCC(Cc1cccc(Br)c1)Cc1cccs1. The molecule has 0 saturated heterocycles. The van der Waals surface area contributed by atoms with Crippen molar-refractivity contribution in [3.8, 4) is 0 Å². The normalized spacial score (nSPS) is 12.6. The Balaban J connectivity index is 2.00. The van der Waals surface area contributed by atoms with Crippen molar-refractivity contribution in [2.75, 3.05) is 6.54 Å². The molecule has 90 valence electrons. The molecular weight excluding hydrogens is 294 g/mol. The second-order valence-electron chi connectivity index (χ2n) is 4.22. The lowest BCUT2D eigenvalue weighted by atomic mass is 9.96. The van der Waals surface area contributed by atoms with Gasteiger partial charge in [0.25, 0.3) is 0 Å². The minimum absolute atomic E-state index is 0.531. The Hall–Kier alpha value is -0.640. The zero-order valence-electron chi connectivity index (χ0n) is 9.60. The number of nitrogens with two attached hydrogens (primary N) is 1. The zero-order valence-corrected chi connectivity index (χ0v) is 12.0. The molecule has 17 heavy (non-hydrogen) atoms. The fourth-order valence-electron chi connectivity index (χ4n) is 1.95. The van der Waals surface area contributed by atoms with E-state index in [-0.39, 0.29) is 0 Å². The highest BCUT2D eigenvalue weighted by Crippen LogP contribution is 2.19. The topological polar surface area (TPSA) is 26.0 Å². The molecule has 0 fully saturated rings. The number of rotatable bonds is 5. The van der Waals surface area contributed by atoms with Gasteiger partial charge >= 0.3 is 0 Å². The molecular formula is C14H16BrNS. The average Bonchev–Trinajstić information content (AvgIpc) is 2.81. The maximum atomic E-state index is 5.87. The lowest BCUT2D eigenvalue weighted by Crippen LogP contribution is -2.18. The van der Waals surface area contributed by atoms with Gasteiger partial charge in [0.2, 0.25) is 0 Å².